The highest BCUT2D eigenvalue weighted by Crippen LogP contribution is 2.09. The lowest BCUT2D eigenvalue weighted by atomic mass is 10.2. The SMILES string of the molecule is COC(=O)[C@@H](OC(=O)N(C(C)C)C(C)C)C(=O)O. The molecule has 0 unspecified atom stereocenters. The smallest absolute Gasteiger partial charge is 0.411 e. The second-order valence-electron chi connectivity index (χ2n) is 4.22. The van der Waals surface area contributed by atoms with Gasteiger partial charge in [-0.25, -0.2) is 14.4 Å². The van der Waals surface area contributed by atoms with Crippen LogP contribution >= 0.6 is 0 Å². The Bertz CT molecular complexity index is 317. The summed E-state index contributed by atoms with van der Waals surface area (Å²) in [5.41, 5.74) is 0. The van der Waals surface area contributed by atoms with Crippen molar-refractivity contribution >= 4 is 18.0 Å². The molecule has 0 aliphatic heterocycles. The highest BCUT2D eigenvalue weighted by molar-refractivity contribution is 5.98. The standard InChI is InChI=1S/C11H19NO6/c1-6(2)12(7(3)4)11(16)18-8(9(13)14)10(15)17-5/h6-8H,1-5H3,(H,13,14)/t8-/m0/s1. The summed E-state index contributed by atoms with van der Waals surface area (Å²) in [6, 6.07) is -0.353. The van der Waals surface area contributed by atoms with Gasteiger partial charge in [-0.05, 0) is 27.7 Å². The molecule has 0 heterocycles. The summed E-state index contributed by atoms with van der Waals surface area (Å²) in [5, 5.41) is 8.79. The second-order valence-corrected chi connectivity index (χ2v) is 4.22. The van der Waals surface area contributed by atoms with Crippen molar-refractivity contribution in [3.05, 3.63) is 0 Å². The average Bonchev–Trinajstić information content (AvgIpc) is 2.23. The molecular weight excluding hydrogens is 242 g/mol. The van der Waals surface area contributed by atoms with Crippen molar-refractivity contribution in [2.75, 3.05) is 7.11 Å². The molecule has 7 nitrogen and oxygen atoms in total. The summed E-state index contributed by atoms with van der Waals surface area (Å²) in [5.74, 6) is -2.69. The molecule has 1 amide bonds. The first-order valence-corrected chi connectivity index (χ1v) is 5.51. The van der Waals surface area contributed by atoms with Gasteiger partial charge in [0.25, 0.3) is 6.10 Å². The number of carbonyl (C=O) groups is 3. The molecule has 104 valence electrons. The van der Waals surface area contributed by atoms with E-state index in [-0.39, 0.29) is 12.1 Å². The van der Waals surface area contributed by atoms with Gasteiger partial charge >= 0.3 is 18.0 Å². The molecule has 0 radical (unpaired) electrons. The van der Waals surface area contributed by atoms with Crippen LogP contribution in [0.4, 0.5) is 4.79 Å². The highest BCUT2D eigenvalue weighted by atomic mass is 16.6. The zero-order valence-corrected chi connectivity index (χ0v) is 11.2. The van der Waals surface area contributed by atoms with E-state index in [4.69, 9.17) is 5.11 Å². The second kappa shape index (κ2) is 6.83. The topological polar surface area (TPSA) is 93.1 Å². The van der Waals surface area contributed by atoms with Gasteiger partial charge in [-0.1, -0.05) is 0 Å². The van der Waals surface area contributed by atoms with E-state index in [2.05, 4.69) is 9.47 Å². The molecule has 0 aromatic heterocycles. The fourth-order valence-corrected chi connectivity index (χ4v) is 1.49. The maximum Gasteiger partial charge on any atom is 0.411 e. The first-order valence-electron chi connectivity index (χ1n) is 5.51. The van der Waals surface area contributed by atoms with E-state index in [1.165, 1.54) is 4.90 Å². The summed E-state index contributed by atoms with van der Waals surface area (Å²) >= 11 is 0. The predicted octanol–water partition coefficient (Wildman–Crippen LogP) is 0.868. The number of methoxy groups -OCH3 is 1. The molecule has 0 aliphatic carbocycles. The lowest BCUT2D eigenvalue weighted by Crippen LogP contribution is -2.46. The fraction of sp³-hybridized carbons (Fsp3) is 0.727. The van der Waals surface area contributed by atoms with Crippen molar-refractivity contribution in [1.29, 1.82) is 0 Å². The van der Waals surface area contributed by atoms with Crippen molar-refractivity contribution in [1.82, 2.24) is 4.90 Å². The quantitative estimate of drug-likeness (QED) is 0.583. The first kappa shape index (κ1) is 16.2. The third-order valence-electron chi connectivity index (χ3n) is 2.18. The number of carboxylic acids is 1. The van der Waals surface area contributed by atoms with Gasteiger partial charge < -0.3 is 19.5 Å². The van der Waals surface area contributed by atoms with Gasteiger partial charge in [0.1, 0.15) is 0 Å². The number of hydrogen-bond donors (Lipinski definition) is 1. The Morgan fingerprint density at radius 1 is 1.06 bits per heavy atom. The summed E-state index contributed by atoms with van der Waals surface area (Å²) in [7, 11) is 1.02. The van der Waals surface area contributed by atoms with Crippen LogP contribution in [0.15, 0.2) is 0 Å². The molecule has 0 saturated heterocycles. The molecule has 18 heavy (non-hydrogen) atoms. The van der Waals surface area contributed by atoms with Crippen LogP contribution in [0.2, 0.25) is 0 Å². The summed E-state index contributed by atoms with van der Waals surface area (Å²) in [6.07, 6.45) is -2.81. The van der Waals surface area contributed by atoms with Crippen LogP contribution in [-0.2, 0) is 19.1 Å². The van der Waals surface area contributed by atoms with Crippen LogP contribution in [0.5, 0.6) is 0 Å². The molecule has 0 bridgehead atoms. The van der Waals surface area contributed by atoms with E-state index in [0.717, 1.165) is 7.11 Å². The van der Waals surface area contributed by atoms with Crippen molar-refractivity contribution in [3.8, 4) is 0 Å². The molecule has 0 spiro atoms. The number of amides is 1. The summed E-state index contributed by atoms with van der Waals surface area (Å²) in [4.78, 5) is 35.1. The van der Waals surface area contributed by atoms with Gasteiger partial charge in [0, 0.05) is 12.1 Å². The predicted molar refractivity (Wildman–Crippen MR) is 62.0 cm³/mol. The summed E-state index contributed by atoms with van der Waals surface area (Å²) < 4.78 is 8.92. The molecule has 0 fully saturated rings. The van der Waals surface area contributed by atoms with E-state index < -0.39 is 24.1 Å². The molecule has 1 atom stereocenters. The van der Waals surface area contributed by atoms with E-state index in [9.17, 15) is 14.4 Å². The molecular formula is C11H19NO6. The average molecular weight is 261 g/mol. The number of aliphatic carboxylic acids is 1. The minimum Gasteiger partial charge on any atom is -0.478 e. The number of ether oxygens (including phenoxy) is 2. The lowest BCUT2D eigenvalue weighted by molar-refractivity contribution is -0.164. The molecule has 0 aromatic carbocycles. The minimum atomic E-state index is -1.94. The molecule has 0 rings (SSSR count). The minimum absolute atomic E-state index is 0.176. The van der Waals surface area contributed by atoms with E-state index in [1.54, 1.807) is 27.7 Å². The van der Waals surface area contributed by atoms with Crippen LogP contribution in [-0.4, -0.2) is 53.3 Å². The fourth-order valence-electron chi connectivity index (χ4n) is 1.49. The van der Waals surface area contributed by atoms with E-state index >= 15 is 0 Å². The molecule has 0 aromatic rings. The number of esters is 1. The third-order valence-corrected chi connectivity index (χ3v) is 2.18. The highest BCUT2D eigenvalue weighted by Gasteiger charge is 2.34. The largest absolute Gasteiger partial charge is 0.478 e. The van der Waals surface area contributed by atoms with Gasteiger partial charge in [0.15, 0.2) is 0 Å². The Hall–Kier alpha value is -1.79. The molecule has 0 saturated carbocycles. The number of carboxylic acid groups (broad SMARTS) is 1. The number of rotatable bonds is 5. The first-order chi connectivity index (χ1) is 8.22. The normalized spacial score (nSPS) is 12.2. The van der Waals surface area contributed by atoms with Crippen LogP contribution in [0.25, 0.3) is 0 Å². The maximum absolute atomic E-state index is 11.8. The van der Waals surface area contributed by atoms with E-state index in [0.29, 0.717) is 0 Å². The Kier molecular flexibility index (Phi) is 6.15. The van der Waals surface area contributed by atoms with Crippen LogP contribution < -0.4 is 0 Å². The van der Waals surface area contributed by atoms with Crippen LogP contribution in [0.1, 0.15) is 27.7 Å². The third kappa shape index (κ3) is 4.23. The van der Waals surface area contributed by atoms with Crippen molar-refractivity contribution in [2.45, 2.75) is 45.9 Å². The Morgan fingerprint density at radius 3 is 1.78 bits per heavy atom. The number of carbonyl (C=O) groups excluding carboxylic acids is 2. The van der Waals surface area contributed by atoms with Crippen molar-refractivity contribution in [2.24, 2.45) is 0 Å². The Morgan fingerprint density at radius 2 is 1.50 bits per heavy atom. The van der Waals surface area contributed by atoms with Crippen LogP contribution in [0, 0.1) is 0 Å². The maximum atomic E-state index is 11.8. The van der Waals surface area contributed by atoms with Crippen molar-refractivity contribution in [3.63, 3.8) is 0 Å². The number of nitrogens with zero attached hydrogens (tertiary/aromatic N) is 1. The van der Waals surface area contributed by atoms with Gasteiger partial charge in [-0.3, -0.25) is 0 Å². The van der Waals surface area contributed by atoms with Gasteiger partial charge in [-0.15, -0.1) is 0 Å². The van der Waals surface area contributed by atoms with E-state index in [1.807, 2.05) is 0 Å². The Labute approximate surface area is 106 Å². The zero-order valence-electron chi connectivity index (χ0n) is 11.2. The van der Waals surface area contributed by atoms with Crippen LogP contribution in [0.3, 0.4) is 0 Å². The molecule has 0 aliphatic rings. The molecule has 7 heteroatoms. The zero-order chi connectivity index (χ0) is 14.5. The van der Waals surface area contributed by atoms with Gasteiger partial charge in [-0.2, -0.15) is 0 Å². The Balaban J connectivity index is 4.88. The van der Waals surface area contributed by atoms with Gasteiger partial charge in [0.05, 0.1) is 7.11 Å². The monoisotopic (exact) mass is 261 g/mol. The lowest BCUT2D eigenvalue weighted by Gasteiger charge is -2.30. The summed E-state index contributed by atoms with van der Waals surface area (Å²) in [6.45, 7) is 7.04. The molecule has 1 N–H and O–H groups in total. The number of hydrogen-bond acceptors (Lipinski definition) is 5. The van der Waals surface area contributed by atoms with Crippen molar-refractivity contribution < 1.29 is 29.0 Å². The van der Waals surface area contributed by atoms with Gasteiger partial charge in [0.2, 0.25) is 0 Å².